The van der Waals surface area contributed by atoms with Crippen molar-refractivity contribution >= 4 is 29.0 Å². The highest BCUT2D eigenvalue weighted by atomic mass is 35.5. The summed E-state index contributed by atoms with van der Waals surface area (Å²) < 4.78 is 0. The Morgan fingerprint density at radius 3 is 2.67 bits per heavy atom. The Balaban J connectivity index is 2.68. The van der Waals surface area contributed by atoms with Crippen molar-refractivity contribution in [3.8, 4) is 0 Å². The number of rotatable bonds is 0. The van der Waals surface area contributed by atoms with Crippen LogP contribution in [0.25, 0.3) is 0 Å². The quantitative estimate of drug-likeness (QED) is 0.630. The maximum absolute atomic E-state index is 11.3. The molecule has 0 unspecified atom stereocenters. The van der Waals surface area contributed by atoms with Gasteiger partial charge in [-0.2, -0.15) is 0 Å². The first-order chi connectivity index (χ1) is 5.68. The van der Waals surface area contributed by atoms with Gasteiger partial charge in [-0.25, -0.2) is 0 Å². The smallest absolute Gasteiger partial charge is 0.163 e. The normalized spacial score (nSPS) is 15.0. The summed E-state index contributed by atoms with van der Waals surface area (Å²) in [7, 11) is 0. The molecule has 0 saturated carbocycles. The van der Waals surface area contributed by atoms with Crippen molar-refractivity contribution in [3.63, 3.8) is 0 Å². The van der Waals surface area contributed by atoms with Gasteiger partial charge in [-0.1, -0.05) is 23.2 Å². The van der Waals surface area contributed by atoms with E-state index in [0.29, 0.717) is 22.0 Å². The third-order valence-electron chi connectivity index (χ3n) is 2.06. The molecule has 0 spiro atoms. The average molecular weight is 201 g/mol. The van der Waals surface area contributed by atoms with Gasteiger partial charge in [0.05, 0.1) is 0 Å². The molecule has 0 aliphatic heterocycles. The fraction of sp³-hybridized carbons (Fsp3) is 0.222. The van der Waals surface area contributed by atoms with Crippen LogP contribution in [-0.2, 0) is 6.42 Å². The summed E-state index contributed by atoms with van der Waals surface area (Å²) in [4.78, 5) is 11.3. The number of carbonyl (C=O) groups excluding carboxylic acids is 1. The first-order valence-electron chi connectivity index (χ1n) is 3.69. The van der Waals surface area contributed by atoms with Crippen LogP contribution in [0, 0.1) is 0 Å². The zero-order valence-electron chi connectivity index (χ0n) is 6.23. The number of Topliss-reactive ketones (excluding diaryl/α,β-unsaturated/α-hetero) is 1. The lowest BCUT2D eigenvalue weighted by molar-refractivity contribution is 0.0994. The molecule has 1 aliphatic carbocycles. The van der Waals surface area contributed by atoms with E-state index in [4.69, 9.17) is 23.2 Å². The van der Waals surface area contributed by atoms with Crippen LogP contribution in [0.5, 0.6) is 0 Å². The fourth-order valence-electron chi connectivity index (χ4n) is 1.48. The van der Waals surface area contributed by atoms with Crippen LogP contribution < -0.4 is 0 Å². The standard InChI is InChI=1S/C9H6Cl2O/c10-5-3-7-6(8(11)4-5)1-2-9(7)12/h3-4H,1-2H2. The minimum Gasteiger partial charge on any atom is -0.294 e. The highest BCUT2D eigenvalue weighted by Crippen LogP contribution is 2.31. The van der Waals surface area contributed by atoms with Gasteiger partial charge in [-0.15, -0.1) is 0 Å². The lowest BCUT2D eigenvalue weighted by Crippen LogP contribution is -1.90. The van der Waals surface area contributed by atoms with Crippen molar-refractivity contribution in [2.24, 2.45) is 0 Å². The predicted octanol–water partition coefficient (Wildman–Crippen LogP) is 3.12. The molecule has 12 heavy (non-hydrogen) atoms. The van der Waals surface area contributed by atoms with Gasteiger partial charge in [0, 0.05) is 22.0 Å². The van der Waals surface area contributed by atoms with E-state index in [1.165, 1.54) is 0 Å². The molecule has 62 valence electrons. The molecule has 3 heteroatoms. The van der Waals surface area contributed by atoms with Crippen molar-refractivity contribution in [1.82, 2.24) is 0 Å². The van der Waals surface area contributed by atoms with Crippen molar-refractivity contribution in [2.75, 3.05) is 0 Å². The second-order valence-electron chi connectivity index (χ2n) is 2.84. The maximum atomic E-state index is 11.3. The molecule has 0 saturated heterocycles. The van der Waals surface area contributed by atoms with E-state index in [0.717, 1.165) is 12.0 Å². The summed E-state index contributed by atoms with van der Waals surface area (Å²) in [6.45, 7) is 0. The van der Waals surface area contributed by atoms with Gasteiger partial charge < -0.3 is 0 Å². The average Bonchev–Trinajstić information content (AvgIpc) is 2.33. The van der Waals surface area contributed by atoms with Crippen LogP contribution in [0.4, 0.5) is 0 Å². The number of halogens is 2. The molecule has 0 bridgehead atoms. The number of hydrogen-bond donors (Lipinski definition) is 0. The van der Waals surface area contributed by atoms with Gasteiger partial charge in [0.25, 0.3) is 0 Å². The van der Waals surface area contributed by atoms with Crippen LogP contribution in [0.1, 0.15) is 22.3 Å². The number of hydrogen-bond acceptors (Lipinski definition) is 1. The first-order valence-corrected chi connectivity index (χ1v) is 4.45. The number of ketones is 1. The van der Waals surface area contributed by atoms with Gasteiger partial charge in [0.2, 0.25) is 0 Å². The van der Waals surface area contributed by atoms with Crippen molar-refractivity contribution in [1.29, 1.82) is 0 Å². The van der Waals surface area contributed by atoms with E-state index >= 15 is 0 Å². The van der Waals surface area contributed by atoms with Gasteiger partial charge in [-0.3, -0.25) is 4.79 Å². The number of fused-ring (bicyclic) bond motifs is 1. The molecule has 1 aliphatic rings. The summed E-state index contributed by atoms with van der Waals surface area (Å²) in [6, 6.07) is 3.37. The number of carbonyl (C=O) groups is 1. The fourth-order valence-corrected chi connectivity index (χ4v) is 2.07. The minimum absolute atomic E-state index is 0.148. The van der Waals surface area contributed by atoms with E-state index in [2.05, 4.69) is 0 Å². The lowest BCUT2D eigenvalue weighted by atomic mass is 10.1. The maximum Gasteiger partial charge on any atom is 0.163 e. The molecule has 0 aromatic heterocycles. The Kier molecular flexibility index (Phi) is 1.85. The second kappa shape index (κ2) is 2.75. The van der Waals surface area contributed by atoms with Crippen molar-refractivity contribution < 1.29 is 4.79 Å². The SMILES string of the molecule is O=C1CCc2c(Cl)cc(Cl)cc21. The molecule has 0 fully saturated rings. The van der Waals surface area contributed by atoms with E-state index in [-0.39, 0.29) is 5.78 Å². The van der Waals surface area contributed by atoms with E-state index in [1.807, 2.05) is 0 Å². The summed E-state index contributed by atoms with van der Waals surface area (Å²) >= 11 is 11.7. The Labute approximate surface area is 80.3 Å². The third-order valence-corrected chi connectivity index (χ3v) is 2.62. The van der Waals surface area contributed by atoms with Crippen LogP contribution in [-0.4, -0.2) is 5.78 Å². The molecular formula is C9H6Cl2O. The Bertz CT molecular complexity index is 358. The predicted molar refractivity (Wildman–Crippen MR) is 49.1 cm³/mol. The summed E-state index contributed by atoms with van der Waals surface area (Å²) in [5.74, 6) is 0.148. The van der Waals surface area contributed by atoms with Gasteiger partial charge in [0.15, 0.2) is 5.78 Å². The van der Waals surface area contributed by atoms with Crippen LogP contribution in [0.3, 0.4) is 0 Å². The molecule has 0 radical (unpaired) electrons. The molecule has 1 aromatic carbocycles. The van der Waals surface area contributed by atoms with Crippen molar-refractivity contribution in [2.45, 2.75) is 12.8 Å². The third kappa shape index (κ3) is 1.13. The van der Waals surface area contributed by atoms with Gasteiger partial charge in [-0.05, 0) is 24.1 Å². The van der Waals surface area contributed by atoms with Crippen molar-refractivity contribution in [3.05, 3.63) is 33.3 Å². The molecule has 0 amide bonds. The molecule has 1 aromatic rings. The van der Waals surface area contributed by atoms with E-state index in [9.17, 15) is 4.79 Å². The zero-order chi connectivity index (χ0) is 8.72. The molecule has 0 N–H and O–H groups in total. The summed E-state index contributed by atoms with van der Waals surface area (Å²) in [6.07, 6.45) is 1.32. The Morgan fingerprint density at radius 2 is 1.92 bits per heavy atom. The Morgan fingerprint density at radius 1 is 1.17 bits per heavy atom. The van der Waals surface area contributed by atoms with Crippen LogP contribution >= 0.6 is 23.2 Å². The van der Waals surface area contributed by atoms with Crippen LogP contribution in [0.2, 0.25) is 10.0 Å². The number of benzene rings is 1. The summed E-state index contributed by atoms with van der Waals surface area (Å²) in [5, 5.41) is 1.15. The lowest BCUT2D eigenvalue weighted by Gasteiger charge is -2.00. The molecule has 0 atom stereocenters. The van der Waals surface area contributed by atoms with Crippen LogP contribution in [0.15, 0.2) is 12.1 Å². The highest BCUT2D eigenvalue weighted by Gasteiger charge is 2.22. The minimum atomic E-state index is 0.148. The molecule has 2 rings (SSSR count). The second-order valence-corrected chi connectivity index (χ2v) is 3.68. The largest absolute Gasteiger partial charge is 0.294 e. The summed E-state index contributed by atoms with van der Waals surface area (Å²) in [5.41, 5.74) is 1.65. The van der Waals surface area contributed by atoms with E-state index < -0.39 is 0 Å². The van der Waals surface area contributed by atoms with Gasteiger partial charge in [0.1, 0.15) is 0 Å². The molecule has 1 nitrogen and oxygen atoms in total. The van der Waals surface area contributed by atoms with Gasteiger partial charge >= 0.3 is 0 Å². The topological polar surface area (TPSA) is 17.1 Å². The molecule has 0 heterocycles. The monoisotopic (exact) mass is 200 g/mol. The highest BCUT2D eigenvalue weighted by molar-refractivity contribution is 6.36. The van der Waals surface area contributed by atoms with E-state index in [1.54, 1.807) is 12.1 Å². The Hall–Kier alpha value is -0.530. The molecular weight excluding hydrogens is 195 g/mol. The zero-order valence-corrected chi connectivity index (χ0v) is 7.74. The first kappa shape index (κ1) is 8.09.